The van der Waals surface area contributed by atoms with Crippen molar-refractivity contribution < 1.29 is 0 Å². The molecule has 0 aromatic rings. The van der Waals surface area contributed by atoms with Crippen LogP contribution in [0.3, 0.4) is 0 Å². The summed E-state index contributed by atoms with van der Waals surface area (Å²) >= 11 is 13.2. The molecule has 114 valence electrons. The molecule has 0 saturated carbocycles. The highest BCUT2D eigenvalue weighted by Gasteiger charge is 2.45. The summed E-state index contributed by atoms with van der Waals surface area (Å²) in [6.45, 7) is 10.8. The van der Waals surface area contributed by atoms with E-state index in [1.807, 2.05) is 0 Å². The van der Waals surface area contributed by atoms with Crippen LogP contribution in [0.1, 0.15) is 53.9 Å². The van der Waals surface area contributed by atoms with E-state index >= 15 is 0 Å². The number of rotatable bonds is 5. The fourth-order valence-electron chi connectivity index (χ4n) is 2.89. The minimum absolute atomic E-state index is 0. The van der Waals surface area contributed by atoms with E-state index in [1.165, 1.54) is 0 Å². The zero-order valence-corrected chi connectivity index (χ0v) is 15.0. The Labute approximate surface area is 134 Å². The minimum Gasteiger partial charge on any atom is -0.306 e. The van der Waals surface area contributed by atoms with E-state index in [9.17, 15) is 0 Å². The van der Waals surface area contributed by atoms with Gasteiger partial charge in [0.25, 0.3) is 0 Å². The molecule has 0 radical (unpaired) electrons. The van der Waals surface area contributed by atoms with E-state index in [-0.39, 0.29) is 34.1 Å². The molecule has 3 atom stereocenters. The number of halogens is 3. The van der Waals surface area contributed by atoms with Crippen molar-refractivity contribution in [2.75, 3.05) is 0 Å². The second-order valence-electron chi connectivity index (χ2n) is 6.43. The van der Waals surface area contributed by atoms with Crippen molar-refractivity contribution in [3.63, 3.8) is 0 Å². The number of allylic oxidation sites excluding steroid dienone is 1. The Morgan fingerprint density at radius 2 is 1.68 bits per heavy atom. The number of nitrogens with one attached hydrogen (secondary N) is 1. The van der Waals surface area contributed by atoms with Crippen molar-refractivity contribution >= 4 is 35.6 Å². The summed E-state index contributed by atoms with van der Waals surface area (Å²) in [6, 6.07) is 0.380. The van der Waals surface area contributed by atoms with Crippen LogP contribution in [0.25, 0.3) is 0 Å². The zero-order valence-electron chi connectivity index (χ0n) is 12.7. The number of hydrogen-bond acceptors (Lipinski definition) is 1. The molecule has 1 N–H and O–H groups in total. The summed E-state index contributed by atoms with van der Waals surface area (Å²) in [7, 11) is 0. The highest BCUT2D eigenvalue weighted by molar-refractivity contribution is 6.24. The van der Waals surface area contributed by atoms with Crippen LogP contribution in [0.2, 0.25) is 0 Å². The van der Waals surface area contributed by atoms with Gasteiger partial charge in [-0.05, 0) is 40.0 Å². The van der Waals surface area contributed by atoms with E-state index < -0.39 is 0 Å². The smallest absolute Gasteiger partial charge is 0.0439 e. The standard InChI is InChI=1S/C15H27Cl2N.ClH/c1-6-12(16)15(13(17)7-2)9-8-11(10-15)18-14(3,4)5;/h8-9,11-13,18H,6-7,10H2,1-5H3;1H. The van der Waals surface area contributed by atoms with Crippen molar-refractivity contribution in [2.24, 2.45) is 5.41 Å². The van der Waals surface area contributed by atoms with Crippen LogP contribution in [-0.2, 0) is 0 Å². The lowest BCUT2D eigenvalue weighted by Gasteiger charge is -2.38. The maximum absolute atomic E-state index is 6.58. The molecule has 0 saturated heterocycles. The van der Waals surface area contributed by atoms with Gasteiger partial charge in [-0.15, -0.1) is 35.6 Å². The van der Waals surface area contributed by atoms with Crippen LogP contribution in [0, 0.1) is 5.41 Å². The van der Waals surface area contributed by atoms with Crippen LogP contribution in [0.15, 0.2) is 12.2 Å². The largest absolute Gasteiger partial charge is 0.306 e. The summed E-state index contributed by atoms with van der Waals surface area (Å²) in [4.78, 5) is 0. The first-order chi connectivity index (χ1) is 8.25. The molecule has 1 aliphatic carbocycles. The highest BCUT2D eigenvalue weighted by Crippen LogP contribution is 2.46. The van der Waals surface area contributed by atoms with Gasteiger partial charge >= 0.3 is 0 Å². The van der Waals surface area contributed by atoms with Crippen molar-refractivity contribution in [3.8, 4) is 0 Å². The topological polar surface area (TPSA) is 12.0 Å². The van der Waals surface area contributed by atoms with Crippen LogP contribution in [-0.4, -0.2) is 22.3 Å². The summed E-state index contributed by atoms with van der Waals surface area (Å²) in [5, 5.41) is 3.85. The van der Waals surface area contributed by atoms with E-state index in [4.69, 9.17) is 23.2 Å². The third-order valence-electron chi connectivity index (χ3n) is 3.71. The van der Waals surface area contributed by atoms with E-state index in [0.717, 1.165) is 19.3 Å². The number of hydrogen-bond donors (Lipinski definition) is 1. The first kappa shape index (κ1) is 19.6. The van der Waals surface area contributed by atoms with Crippen LogP contribution in [0.4, 0.5) is 0 Å². The van der Waals surface area contributed by atoms with Gasteiger partial charge < -0.3 is 5.32 Å². The highest BCUT2D eigenvalue weighted by atomic mass is 35.5. The van der Waals surface area contributed by atoms with Crippen molar-refractivity contribution in [1.29, 1.82) is 0 Å². The fourth-order valence-corrected chi connectivity index (χ4v) is 3.58. The molecule has 0 bridgehead atoms. The second kappa shape index (κ2) is 7.54. The summed E-state index contributed by atoms with van der Waals surface area (Å²) < 4.78 is 0. The molecule has 19 heavy (non-hydrogen) atoms. The first-order valence-electron chi connectivity index (χ1n) is 7.00. The molecule has 0 heterocycles. The average molecular weight is 329 g/mol. The monoisotopic (exact) mass is 327 g/mol. The SMILES string of the molecule is CCC(Cl)C1(C(Cl)CC)C=CC(NC(C)(C)C)C1.Cl. The normalized spacial score (nSPS) is 29.9. The van der Waals surface area contributed by atoms with E-state index in [0.29, 0.717) is 6.04 Å². The van der Waals surface area contributed by atoms with Gasteiger partial charge in [0.2, 0.25) is 0 Å². The van der Waals surface area contributed by atoms with Gasteiger partial charge in [-0.3, -0.25) is 0 Å². The lowest BCUT2D eigenvalue weighted by atomic mass is 9.77. The summed E-state index contributed by atoms with van der Waals surface area (Å²) in [5.74, 6) is 0. The molecule has 4 heteroatoms. The Bertz CT molecular complexity index is 286. The molecule has 0 spiro atoms. The lowest BCUT2D eigenvalue weighted by molar-refractivity contribution is 0.279. The van der Waals surface area contributed by atoms with Gasteiger partial charge in [0.05, 0.1) is 0 Å². The molecule has 0 amide bonds. The van der Waals surface area contributed by atoms with Crippen molar-refractivity contribution in [3.05, 3.63) is 12.2 Å². The molecule has 1 rings (SSSR count). The van der Waals surface area contributed by atoms with E-state index in [1.54, 1.807) is 0 Å². The van der Waals surface area contributed by atoms with Crippen LogP contribution in [0.5, 0.6) is 0 Å². The van der Waals surface area contributed by atoms with Gasteiger partial charge in [-0.2, -0.15) is 0 Å². The zero-order chi connectivity index (χ0) is 14.0. The lowest BCUT2D eigenvalue weighted by Crippen LogP contribution is -2.45. The third kappa shape index (κ3) is 4.81. The van der Waals surface area contributed by atoms with Gasteiger partial charge in [0, 0.05) is 27.7 Å². The Hall–Kier alpha value is 0.570. The third-order valence-corrected chi connectivity index (χ3v) is 5.14. The molecular weight excluding hydrogens is 301 g/mol. The minimum atomic E-state index is -0.0600. The van der Waals surface area contributed by atoms with Crippen LogP contribution >= 0.6 is 35.6 Å². The predicted octanol–water partition coefficient (Wildman–Crippen LogP) is 5.15. The Morgan fingerprint density at radius 3 is 2.05 bits per heavy atom. The van der Waals surface area contributed by atoms with Gasteiger partial charge in [-0.1, -0.05) is 26.0 Å². The Balaban J connectivity index is 0.00000324. The molecule has 0 fully saturated rings. The van der Waals surface area contributed by atoms with Gasteiger partial charge in [-0.25, -0.2) is 0 Å². The number of alkyl halides is 2. The fraction of sp³-hybridized carbons (Fsp3) is 0.867. The predicted molar refractivity (Wildman–Crippen MR) is 90.0 cm³/mol. The Kier molecular flexibility index (Phi) is 7.77. The molecule has 1 nitrogen and oxygen atoms in total. The summed E-state index contributed by atoms with van der Waals surface area (Å²) in [5.41, 5.74) is 0.0582. The van der Waals surface area contributed by atoms with Gasteiger partial charge in [0.1, 0.15) is 0 Å². The van der Waals surface area contributed by atoms with E-state index in [2.05, 4.69) is 52.1 Å². The summed E-state index contributed by atoms with van der Waals surface area (Å²) in [6.07, 6.45) is 7.43. The maximum atomic E-state index is 6.58. The second-order valence-corrected chi connectivity index (χ2v) is 7.48. The molecule has 0 aliphatic heterocycles. The molecule has 1 aliphatic rings. The van der Waals surface area contributed by atoms with Gasteiger partial charge in [0.15, 0.2) is 0 Å². The Morgan fingerprint density at radius 1 is 1.21 bits per heavy atom. The quantitative estimate of drug-likeness (QED) is 0.544. The average Bonchev–Trinajstić information content (AvgIpc) is 2.69. The maximum Gasteiger partial charge on any atom is 0.0439 e. The molecule has 3 unspecified atom stereocenters. The van der Waals surface area contributed by atoms with Crippen molar-refractivity contribution in [1.82, 2.24) is 5.32 Å². The first-order valence-corrected chi connectivity index (χ1v) is 7.87. The van der Waals surface area contributed by atoms with Crippen molar-refractivity contribution in [2.45, 2.75) is 76.2 Å². The molecular formula is C15H28Cl3N. The molecule has 0 aromatic heterocycles. The van der Waals surface area contributed by atoms with Crippen LogP contribution < -0.4 is 5.32 Å². The molecule has 0 aromatic carbocycles.